The van der Waals surface area contributed by atoms with Crippen LogP contribution in [0.1, 0.15) is 459 Å². The van der Waals surface area contributed by atoms with Crippen molar-refractivity contribution in [2.45, 2.75) is 478 Å². The Morgan fingerprint density at radius 1 is 0.274 bits per heavy atom. The summed E-state index contributed by atoms with van der Waals surface area (Å²) < 4.78 is 68.9. The topological polar surface area (TPSA) is 237 Å². The number of carbonyl (C=O) groups excluding carboxylic acids is 4. The van der Waals surface area contributed by atoms with Gasteiger partial charge in [0.1, 0.15) is 19.3 Å². The van der Waals surface area contributed by atoms with Gasteiger partial charge in [-0.1, -0.05) is 408 Å². The number of aliphatic hydroxyl groups excluding tert-OH is 1. The number of hydrogen-bond donors (Lipinski definition) is 3. The molecule has 6 atom stereocenters. The molecule has 0 bridgehead atoms. The normalized spacial score (nSPS) is 14.1. The molecule has 0 aromatic heterocycles. The Morgan fingerprint density at radius 2 is 0.481 bits per heavy atom. The van der Waals surface area contributed by atoms with Gasteiger partial charge in [0.25, 0.3) is 0 Å². The second-order valence-corrected chi connectivity index (χ2v) is 35.4. The van der Waals surface area contributed by atoms with E-state index in [1.165, 1.54) is 270 Å². The van der Waals surface area contributed by atoms with Gasteiger partial charge in [0.05, 0.1) is 26.4 Å². The van der Waals surface area contributed by atoms with E-state index in [2.05, 4.69) is 48.5 Å². The van der Waals surface area contributed by atoms with Crippen LogP contribution in [0.5, 0.6) is 0 Å². The summed E-state index contributed by atoms with van der Waals surface area (Å²) in [5, 5.41) is 10.7. The quantitative estimate of drug-likeness (QED) is 0.0222. The van der Waals surface area contributed by atoms with Crippen molar-refractivity contribution in [3.8, 4) is 0 Å². The van der Waals surface area contributed by atoms with Gasteiger partial charge in [-0.2, -0.15) is 0 Å². The summed E-state index contributed by atoms with van der Waals surface area (Å²) in [7, 11) is -9.93. The SMILES string of the molecule is CCCCCCCCCCCCCCCCC(=O)O[C@H](COC(=O)CCCCCCCCCCCCC(C)C)COP(=O)(O)OC[C@H](O)COP(=O)(O)OC[C@@H](COC(=O)CCCCCCCCCCCCCCCCC(C)C)OC(=O)CCCCCCCCCCCCCCCCCCCCC(C)CC. The van der Waals surface area contributed by atoms with Crippen LogP contribution in [0.2, 0.25) is 0 Å². The molecule has 0 aromatic carbocycles. The molecular weight excluding hydrogens is 1380 g/mol. The lowest BCUT2D eigenvalue weighted by atomic mass is 9.99. The second kappa shape index (κ2) is 77.0. The van der Waals surface area contributed by atoms with Crippen LogP contribution in [0, 0.1) is 17.8 Å². The fraction of sp³-hybridized carbons (Fsp3) is 0.954. The molecule has 0 spiro atoms. The van der Waals surface area contributed by atoms with E-state index in [4.69, 9.17) is 37.0 Å². The Bertz CT molecular complexity index is 2050. The van der Waals surface area contributed by atoms with Gasteiger partial charge in [0.2, 0.25) is 0 Å². The number of ether oxygens (including phenoxy) is 4. The maximum Gasteiger partial charge on any atom is 0.472 e. The van der Waals surface area contributed by atoms with E-state index in [1.807, 2.05) is 0 Å². The maximum absolute atomic E-state index is 13.2. The summed E-state index contributed by atoms with van der Waals surface area (Å²) in [6.45, 7) is 12.1. The molecule has 0 amide bonds. The minimum Gasteiger partial charge on any atom is -0.462 e. The molecule has 3 N–H and O–H groups in total. The average molecular weight is 1550 g/mol. The number of rotatable bonds is 85. The number of unbranched alkanes of at least 4 members (excludes halogenated alkanes) is 52. The van der Waals surface area contributed by atoms with Crippen LogP contribution in [0.25, 0.3) is 0 Å². The molecule has 0 aromatic rings. The van der Waals surface area contributed by atoms with Gasteiger partial charge >= 0.3 is 39.5 Å². The van der Waals surface area contributed by atoms with Crippen LogP contribution in [0.3, 0.4) is 0 Å². The summed E-state index contributed by atoms with van der Waals surface area (Å²) >= 11 is 0. The fourth-order valence-corrected chi connectivity index (χ4v) is 15.1. The first-order chi connectivity index (χ1) is 51.3. The van der Waals surface area contributed by atoms with Gasteiger partial charge in [-0.15, -0.1) is 0 Å². The van der Waals surface area contributed by atoms with E-state index in [1.54, 1.807) is 0 Å². The molecule has 0 radical (unpaired) electrons. The molecule has 0 heterocycles. The highest BCUT2D eigenvalue weighted by molar-refractivity contribution is 7.47. The number of phosphoric acid groups is 2. The molecule has 0 aliphatic heterocycles. The summed E-state index contributed by atoms with van der Waals surface area (Å²) in [4.78, 5) is 73.3. The first-order valence-corrected chi connectivity index (χ1v) is 47.9. The van der Waals surface area contributed by atoms with Gasteiger partial charge in [-0.25, -0.2) is 9.13 Å². The number of aliphatic hydroxyl groups is 1. The molecular formula is C87H170O17P2. The Kier molecular flexibility index (Phi) is 75.6. The third-order valence-corrected chi connectivity index (χ3v) is 22.6. The molecule has 0 rings (SSSR count). The molecule has 17 nitrogen and oxygen atoms in total. The van der Waals surface area contributed by atoms with E-state index in [-0.39, 0.29) is 25.7 Å². The lowest BCUT2D eigenvalue weighted by Crippen LogP contribution is -2.30. The third kappa shape index (κ3) is 78.7. The minimum absolute atomic E-state index is 0.108. The van der Waals surface area contributed by atoms with Crippen molar-refractivity contribution < 1.29 is 80.2 Å². The highest BCUT2D eigenvalue weighted by Crippen LogP contribution is 2.45. The molecule has 0 aliphatic carbocycles. The number of esters is 4. The van der Waals surface area contributed by atoms with Crippen LogP contribution in [-0.2, 0) is 65.4 Å². The van der Waals surface area contributed by atoms with Crippen molar-refractivity contribution in [2.75, 3.05) is 39.6 Å². The summed E-state index contributed by atoms with van der Waals surface area (Å²) in [6.07, 6.45) is 67.9. The molecule has 0 aliphatic rings. The van der Waals surface area contributed by atoms with E-state index >= 15 is 0 Å². The highest BCUT2D eigenvalue weighted by atomic mass is 31.2. The third-order valence-electron chi connectivity index (χ3n) is 20.7. The zero-order valence-electron chi connectivity index (χ0n) is 69.9. The van der Waals surface area contributed by atoms with E-state index in [0.717, 1.165) is 108 Å². The van der Waals surface area contributed by atoms with Crippen LogP contribution in [0.15, 0.2) is 0 Å². The standard InChI is InChI=1S/C87H170O17P2/c1-8-10-11-12-13-14-15-16-27-33-42-49-56-63-70-86(91)104-83(75-98-85(90)69-62-55-48-41-36-35-38-45-52-59-66-79(5)6)77-102-106(95,96)100-73-81(88)72-99-105(93,94)101-76-82(74-97-84(89)68-61-54-47-40-32-28-24-23-25-30-37-44-51-58-65-78(3)4)103-87(92)71-64-57-50-43-34-29-22-20-18-17-19-21-26-31-39-46-53-60-67-80(7)9-2/h78-83,88H,8-77H2,1-7H3,(H,93,94)(H,95,96)/t80?,81-,82-,83-/m1/s1. The van der Waals surface area contributed by atoms with Crippen LogP contribution < -0.4 is 0 Å². The lowest BCUT2D eigenvalue weighted by Gasteiger charge is -2.21. The van der Waals surface area contributed by atoms with Crippen molar-refractivity contribution in [1.29, 1.82) is 0 Å². The molecule has 3 unspecified atom stereocenters. The molecule has 106 heavy (non-hydrogen) atoms. The first-order valence-electron chi connectivity index (χ1n) is 44.9. The average Bonchev–Trinajstić information content (AvgIpc) is 0.900. The molecule has 19 heteroatoms. The Labute approximate surface area is 651 Å². The summed E-state index contributed by atoms with van der Waals surface area (Å²) in [5.41, 5.74) is 0. The molecule has 0 fully saturated rings. The summed E-state index contributed by atoms with van der Waals surface area (Å²) in [5.74, 6) is 0.327. The van der Waals surface area contributed by atoms with Gasteiger partial charge in [0, 0.05) is 25.7 Å². The van der Waals surface area contributed by atoms with Crippen molar-refractivity contribution in [3.63, 3.8) is 0 Å². The number of carbonyl (C=O) groups is 4. The largest absolute Gasteiger partial charge is 0.472 e. The predicted molar refractivity (Wildman–Crippen MR) is 437 cm³/mol. The van der Waals surface area contributed by atoms with Gasteiger partial charge in [-0.3, -0.25) is 37.3 Å². The van der Waals surface area contributed by atoms with E-state index in [0.29, 0.717) is 25.7 Å². The first kappa shape index (κ1) is 104. The maximum atomic E-state index is 13.2. The minimum atomic E-state index is -4.97. The van der Waals surface area contributed by atoms with Gasteiger partial charge in [-0.05, 0) is 43.4 Å². The van der Waals surface area contributed by atoms with Crippen molar-refractivity contribution in [1.82, 2.24) is 0 Å². The molecule has 0 saturated carbocycles. The number of hydrogen-bond acceptors (Lipinski definition) is 15. The Balaban J connectivity index is 5.25. The molecule has 0 saturated heterocycles. The van der Waals surface area contributed by atoms with Gasteiger partial charge < -0.3 is 33.8 Å². The zero-order valence-corrected chi connectivity index (χ0v) is 71.7. The highest BCUT2D eigenvalue weighted by Gasteiger charge is 2.31. The smallest absolute Gasteiger partial charge is 0.462 e. The Morgan fingerprint density at radius 3 is 0.717 bits per heavy atom. The molecule has 630 valence electrons. The summed E-state index contributed by atoms with van der Waals surface area (Å²) in [6, 6.07) is 0. The van der Waals surface area contributed by atoms with Gasteiger partial charge in [0.15, 0.2) is 12.2 Å². The Hall–Kier alpha value is -1.94. The van der Waals surface area contributed by atoms with Crippen molar-refractivity contribution in [2.24, 2.45) is 17.8 Å². The predicted octanol–water partition coefficient (Wildman–Crippen LogP) is 26.5. The van der Waals surface area contributed by atoms with Crippen LogP contribution in [-0.4, -0.2) is 96.7 Å². The van der Waals surface area contributed by atoms with E-state index < -0.39 is 97.5 Å². The van der Waals surface area contributed by atoms with Crippen molar-refractivity contribution >= 4 is 39.5 Å². The monoisotopic (exact) mass is 1550 g/mol. The van der Waals surface area contributed by atoms with Crippen LogP contribution >= 0.6 is 15.6 Å². The second-order valence-electron chi connectivity index (χ2n) is 32.5. The van der Waals surface area contributed by atoms with E-state index in [9.17, 15) is 43.2 Å². The fourth-order valence-electron chi connectivity index (χ4n) is 13.5. The van der Waals surface area contributed by atoms with Crippen molar-refractivity contribution in [3.05, 3.63) is 0 Å². The lowest BCUT2D eigenvalue weighted by molar-refractivity contribution is -0.161. The number of phosphoric ester groups is 2. The van der Waals surface area contributed by atoms with Crippen LogP contribution in [0.4, 0.5) is 0 Å². The zero-order chi connectivity index (χ0) is 77.9.